The molecule has 0 fully saturated rings. The van der Waals surface area contributed by atoms with E-state index in [-0.39, 0.29) is 11.6 Å². The third-order valence-corrected chi connectivity index (χ3v) is 3.62. The SMILES string of the molecule is CCOc1cccc(CCl)c1OCc1cccc(F)c1Cl. The highest BCUT2D eigenvalue weighted by atomic mass is 35.5. The van der Waals surface area contributed by atoms with E-state index >= 15 is 0 Å². The van der Waals surface area contributed by atoms with Crippen LogP contribution in [0.5, 0.6) is 11.5 Å². The van der Waals surface area contributed by atoms with Gasteiger partial charge in [-0.3, -0.25) is 0 Å². The summed E-state index contributed by atoms with van der Waals surface area (Å²) in [5, 5.41) is 0.0683. The van der Waals surface area contributed by atoms with Crippen molar-refractivity contribution in [1.82, 2.24) is 0 Å². The Bertz CT molecular complexity index is 617. The number of rotatable bonds is 6. The molecule has 0 heterocycles. The topological polar surface area (TPSA) is 18.5 Å². The third kappa shape index (κ3) is 3.80. The molecule has 0 aliphatic heterocycles. The zero-order chi connectivity index (χ0) is 15.2. The molecule has 2 aromatic carbocycles. The van der Waals surface area contributed by atoms with Gasteiger partial charge < -0.3 is 9.47 Å². The minimum atomic E-state index is -0.464. The van der Waals surface area contributed by atoms with E-state index in [1.165, 1.54) is 6.07 Å². The van der Waals surface area contributed by atoms with Crippen LogP contribution in [0.3, 0.4) is 0 Å². The van der Waals surface area contributed by atoms with Crippen LogP contribution < -0.4 is 9.47 Å². The van der Waals surface area contributed by atoms with Crippen LogP contribution in [0.4, 0.5) is 4.39 Å². The first-order valence-electron chi connectivity index (χ1n) is 6.53. The number of alkyl halides is 1. The van der Waals surface area contributed by atoms with Gasteiger partial charge in [0.05, 0.1) is 17.5 Å². The molecule has 0 amide bonds. The van der Waals surface area contributed by atoms with Gasteiger partial charge in [0, 0.05) is 11.1 Å². The first-order valence-corrected chi connectivity index (χ1v) is 7.45. The van der Waals surface area contributed by atoms with E-state index in [1.54, 1.807) is 12.1 Å². The summed E-state index contributed by atoms with van der Waals surface area (Å²) in [4.78, 5) is 0. The molecule has 0 atom stereocenters. The maximum absolute atomic E-state index is 13.4. The Hall–Kier alpha value is -1.45. The van der Waals surface area contributed by atoms with Gasteiger partial charge in [0.15, 0.2) is 11.5 Å². The van der Waals surface area contributed by atoms with E-state index in [2.05, 4.69) is 0 Å². The van der Waals surface area contributed by atoms with Crippen molar-refractivity contribution in [3.05, 3.63) is 58.4 Å². The molecular formula is C16H15Cl2FO2. The van der Waals surface area contributed by atoms with Crippen molar-refractivity contribution in [2.45, 2.75) is 19.4 Å². The number of benzene rings is 2. The molecule has 0 N–H and O–H groups in total. The van der Waals surface area contributed by atoms with Crippen molar-refractivity contribution in [2.75, 3.05) is 6.61 Å². The Morgan fingerprint density at radius 1 is 1.05 bits per heavy atom. The number of para-hydroxylation sites is 1. The van der Waals surface area contributed by atoms with Gasteiger partial charge in [-0.2, -0.15) is 0 Å². The van der Waals surface area contributed by atoms with Crippen LogP contribution in [0.1, 0.15) is 18.1 Å². The molecule has 0 saturated carbocycles. The summed E-state index contributed by atoms with van der Waals surface area (Å²) in [5.74, 6) is 1.01. The maximum atomic E-state index is 13.4. The quantitative estimate of drug-likeness (QED) is 0.679. The number of hydrogen-bond donors (Lipinski definition) is 0. The second kappa shape index (κ2) is 7.53. The molecule has 0 saturated heterocycles. The average molecular weight is 329 g/mol. The summed E-state index contributed by atoms with van der Waals surface area (Å²) in [7, 11) is 0. The Morgan fingerprint density at radius 3 is 2.48 bits per heavy atom. The first kappa shape index (κ1) is 15.9. The maximum Gasteiger partial charge on any atom is 0.166 e. The molecule has 0 aliphatic carbocycles. The molecule has 0 spiro atoms. The van der Waals surface area contributed by atoms with Crippen molar-refractivity contribution in [3.8, 4) is 11.5 Å². The zero-order valence-corrected chi connectivity index (χ0v) is 13.0. The smallest absolute Gasteiger partial charge is 0.166 e. The van der Waals surface area contributed by atoms with Crippen LogP contribution in [0, 0.1) is 5.82 Å². The van der Waals surface area contributed by atoms with Gasteiger partial charge in [0.1, 0.15) is 12.4 Å². The highest BCUT2D eigenvalue weighted by Crippen LogP contribution is 2.33. The molecule has 2 aromatic rings. The molecule has 2 rings (SSSR count). The van der Waals surface area contributed by atoms with Gasteiger partial charge in [-0.25, -0.2) is 4.39 Å². The van der Waals surface area contributed by atoms with Crippen LogP contribution in [0.2, 0.25) is 5.02 Å². The molecule has 0 aliphatic rings. The lowest BCUT2D eigenvalue weighted by Gasteiger charge is -2.15. The molecule has 112 valence electrons. The highest BCUT2D eigenvalue weighted by Gasteiger charge is 2.12. The van der Waals surface area contributed by atoms with Crippen molar-refractivity contribution in [3.63, 3.8) is 0 Å². The summed E-state index contributed by atoms with van der Waals surface area (Å²) >= 11 is 11.8. The summed E-state index contributed by atoms with van der Waals surface area (Å²) in [6.07, 6.45) is 0. The lowest BCUT2D eigenvalue weighted by Crippen LogP contribution is -2.03. The molecule has 0 unspecified atom stereocenters. The van der Waals surface area contributed by atoms with Crippen LogP contribution in [-0.4, -0.2) is 6.61 Å². The van der Waals surface area contributed by atoms with E-state index in [9.17, 15) is 4.39 Å². The van der Waals surface area contributed by atoms with E-state index in [1.807, 2.05) is 25.1 Å². The van der Waals surface area contributed by atoms with Crippen LogP contribution in [0.15, 0.2) is 36.4 Å². The van der Waals surface area contributed by atoms with E-state index in [4.69, 9.17) is 32.7 Å². The van der Waals surface area contributed by atoms with E-state index in [0.717, 1.165) is 5.56 Å². The molecule has 2 nitrogen and oxygen atoms in total. The molecule has 21 heavy (non-hydrogen) atoms. The summed E-state index contributed by atoms with van der Waals surface area (Å²) in [5.41, 5.74) is 1.39. The average Bonchev–Trinajstić information content (AvgIpc) is 2.49. The largest absolute Gasteiger partial charge is 0.490 e. The fraction of sp³-hybridized carbons (Fsp3) is 0.250. The summed E-state index contributed by atoms with van der Waals surface area (Å²) in [6, 6.07) is 10.1. The van der Waals surface area contributed by atoms with Gasteiger partial charge >= 0.3 is 0 Å². The summed E-state index contributed by atoms with van der Waals surface area (Å²) < 4.78 is 24.7. The molecule has 0 bridgehead atoms. The predicted molar refractivity (Wildman–Crippen MR) is 82.9 cm³/mol. The minimum absolute atomic E-state index is 0.0683. The van der Waals surface area contributed by atoms with Gasteiger partial charge in [-0.05, 0) is 19.1 Å². The standard InChI is InChI=1S/C16H15Cl2FO2/c1-2-20-14-8-4-5-11(9-17)16(14)21-10-12-6-3-7-13(19)15(12)18/h3-8H,2,9-10H2,1H3. The second-order valence-electron chi connectivity index (χ2n) is 4.31. The Kier molecular flexibility index (Phi) is 5.71. The van der Waals surface area contributed by atoms with Crippen LogP contribution in [-0.2, 0) is 12.5 Å². The van der Waals surface area contributed by atoms with Crippen LogP contribution >= 0.6 is 23.2 Å². The highest BCUT2D eigenvalue weighted by molar-refractivity contribution is 6.31. The number of ether oxygens (including phenoxy) is 2. The van der Waals surface area contributed by atoms with Crippen molar-refractivity contribution in [1.29, 1.82) is 0 Å². The fourth-order valence-electron chi connectivity index (χ4n) is 1.91. The zero-order valence-electron chi connectivity index (χ0n) is 11.5. The lowest BCUT2D eigenvalue weighted by molar-refractivity contribution is 0.267. The predicted octanol–water partition coefficient (Wildman–Crippen LogP) is 5.20. The van der Waals surface area contributed by atoms with E-state index in [0.29, 0.717) is 29.5 Å². The molecule has 0 radical (unpaired) electrons. The van der Waals surface area contributed by atoms with Crippen LogP contribution in [0.25, 0.3) is 0 Å². The van der Waals surface area contributed by atoms with Crippen molar-refractivity contribution < 1.29 is 13.9 Å². The number of halogens is 3. The monoisotopic (exact) mass is 328 g/mol. The van der Waals surface area contributed by atoms with Gasteiger partial charge in [0.2, 0.25) is 0 Å². The van der Waals surface area contributed by atoms with Crippen molar-refractivity contribution >= 4 is 23.2 Å². The van der Waals surface area contributed by atoms with Gasteiger partial charge in [-0.1, -0.05) is 35.9 Å². The lowest BCUT2D eigenvalue weighted by atomic mass is 10.2. The van der Waals surface area contributed by atoms with E-state index < -0.39 is 5.82 Å². The third-order valence-electron chi connectivity index (χ3n) is 2.91. The minimum Gasteiger partial charge on any atom is -0.490 e. The first-order chi connectivity index (χ1) is 10.2. The van der Waals surface area contributed by atoms with Crippen molar-refractivity contribution in [2.24, 2.45) is 0 Å². The summed E-state index contributed by atoms with van der Waals surface area (Å²) in [6.45, 7) is 2.55. The second-order valence-corrected chi connectivity index (χ2v) is 4.96. The Morgan fingerprint density at radius 2 is 1.76 bits per heavy atom. The Balaban J connectivity index is 2.24. The molecule has 5 heteroatoms. The fourth-order valence-corrected chi connectivity index (χ4v) is 2.30. The Labute approximate surface area is 133 Å². The van der Waals surface area contributed by atoms with Gasteiger partial charge in [-0.15, -0.1) is 11.6 Å². The molecule has 0 aromatic heterocycles. The normalized spacial score (nSPS) is 10.5. The van der Waals surface area contributed by atoms with Gasteiger partial charge in [0.25, 0.3) is 0 Å². The molecular weight excluding hydrogens is 314 g/mol. The number of hydrogen-bond acceptors (Lipinski definition) is 2.